The van der Waals surface area contributed by atoms with E-state index in [0.29, 0.717) is 0 Å². The van der Waals surface area contributed by atoms with Gasteiger partial charge in [0.05, 0.1) is 6.54 Å². The summed E-state index contributed by atoms with van der Waals surface area (Å²) in [5.41, 5.74) is 12.7. The smallest absolute Gasteiger partial charge is 0.131 e. The number of nitrogens with zero attached hydrogens (tertiary/aromatic N) is 1. The minimum Gasteiger partial charge on any atom is -0.484 e. The van der Waals surface area contributed by atoms with Crippen LogP contribution in [0, 0.1) is 0 Å². The summed E-state index contributed by atoms with van der Waals surface area (Å²) in [5, 5.41) is 2.57. The minimum atomic E-state index is -0.204. The van der Waals surface area contributed by atoms with Crippen molar-refractivity contribution >= 4 is 16.5 Å². The normalized spacial score (nSPS) is 18.4. The van der Waals surface area contributed by atoms with Gasteiger partial charge in [-0.1, -0.05) is 52.0 Å². The lowest BCUT2D eigenvalue weighted by Gasteiger charge is -2.28. The van der Waals surface area contributed by atoms with Gasteiger partial charge in [-0.15, -0.1) is 0 Å². The van der Waals surface area contributed by atoms with E-state index >= 15 is 0 Å². The molecule has 0 bridgehead atoms. The summed E-state index contributed by atoms with van der Waals surface area (Å²) in [4.78, 5) is 0. The molecular weight excluding hydrogens is 344 g/mol. The van der Waals surface area contributed by atoms with Gasteiger partial charge in [0.25, 0.3) is 0 Å². The SMILES string of the molecule is CCc1c(N)c(CC)c2c(c1CC)OC(CC)(Cn1cc3ccccc3c1)C2. The van der Waals surface area contributed by atoms with Crippen LogP contribution in [-0.4, -0.2) is 10.2 Å². The lowest BCUT2D eigenvalue weighted by molar-refractivity contribution is 0.0696. The van der Waals surface area contributed by atoms with Crippen molar-refractivity contribution in [2.45, 2.75) is 71.9 Å². The predicted octanol–water partition coefficient (Wildman–Crippen LogP) is 5.69. The Hall–Kier alpha value is -2.42. The van der Waals surface area contributed by atoms with Crippen LogP contribution in [0.3, 0.4) is 0 Å². The quantitative estimate of drug-likeness (QED) is 0.561. The van der Waals surface area contributed by atoms with Gasteiger partial charge < -0.3 is 15.0 Å². The van der Waals surface area contributed by atoms with Crippen LogP contribution in [0.1, 0.15) is 56.4 Å². The van der Waals surface area contributed by atoms with Crippen molar-refractivity contribution in [3.05, 3.63) is 58.9 Å². The number of nitrogen functional groups attached to an aromatic ring is 1. The molecule has 1 aliphatic heterocycles. The van der Waals surface area contributed by atoms with E-state index in [1.807, 2.05) is 0 Å². The van der Waals surface area contributed by atoms with Gasteiger partial charge in [0, 0.05) is 30.1 Å². The second-order valence-electron chi connectivity index (χ2n) is 8.09. The summed E-state index contributed by atoms with van der Waals surface area (Å²) in [6.07, 6.45) is 9.29. The van der Waals surface area contributed by atoms with Crippen molar-refractivity contribution in [3.63, 3.8) is 0 Å². The molecular formula is C25H32N2O. The van der Waals surface area contributed by atoms with Crippen LogP contribution in [0.4, 0.5) is 5.69 Å². The second-order valence-corrected chi connectivity index (χ2v) is 8.09. The Kier molecular flexibility index (Phi) is 4.86. The molecule has 0 spiro atoms. The van der Waals surface area contributed by atoms with Crippen LogP contribution in [0.2, 0.25) is 0 Å². The van der Waals surface area contributed by atoms with Crippen molar-refractivity contribution in [1.29, 1.82) is 0 Å². The first-order valence-electron chi connectivity index (χ1n) is 10.7. The van der Waals surface area contributed by atoms with E-state index < -0.39 is 0 Å². The first kappa shape index (κ1) is 18.9. The molecule has 0 radical (unpaired) electrons. The molecule has 1 unspecified atom stereocenters. The molecule has 0 saturated carbocycles. The third-order valence-corrected chi connectivity index (χ3v) is 6.53. The van der Waals surface area contributed by atoms with E-state index in [0.717, 1.165) is 50.1 Å². The Morgan fingerprint density at radius 1 is 0.929 bits per heavy atom. The van der Waals surface area contributed by atoms with Crippen LogP contribution < -0.4 is 10.5 Å². The Bertz CT molecular complexity index is 984. The van der Waals surface area contributed by atoms with Crippen LogP contribution >= 0.6 is 0 Å². The van der Waals surface area contributed by atoms with Gasteiger partial charge in [0.2, 0.25) is 0 Å². The molecule has 0 fully saturated rings. The van der Waals surface area contributed by atoms with E-state index in [9.17, 15) is 0 Å². The predicted molar refractivity (Wildman–Crippen MR) is 118 cm³/mol. The average molecular weight is 377 g/mol. The van der Waals surface area contributed by atoms with Gasteiger partial charge in [-0.3, -0.25) is 0 Å². The van der Waals surface area contributed by atoms with E-state index in [4.69, 9.17) is 10.5 Å². The zero-order chi connectivity index (χ0) is 19.9. The van der Waals surface area contributed by atoms with Gasteiger partial charge in [0.1, 0.15) is 11.4 Å². The lowest BCUT2D eigenvalue weighted by atomic mass is 9.86. The maximum Gasteiger partial charge on any atom is 0.131 e. The summed E-state index contributed by atoms with van der Waals surface area (Å²) in [6, 6.07) is 8.54. The molecule has 0 saturated heterocycles. The monoisotopic (exact) mass is 376 g/mol. The molecule has 3 aromatic rings. The third-order valence-electron chi connectivity index (χ3n) is 6.53. The molecule has 148 valence electrons. The fourth-order valence-corrected chi connectivity index (χ4v) is 4.99. The van der Waals surface area contributed by atoms with Crippen molar-refractivity contribution in [2.75, 3.05) is 5.73 Å². The van der Waals surface area contributed by atoms with Crippen molar-refractivity contribution in [3.8, 4) is 5.75 Å². The topological polar surface area (TPSA) is 40.2 Å². The first-order chi connectivity index (χ1) is 13.6. The summed E-state index contributed by atoms with van der Waals surface area (Å²) < 4.78 is 9.14. The summed E-state index contributed by atoms with van der Waals surface area (Å²) in [7, 11) is 0. The number of nitrogens with two attached hydrogens (primary N) is 1. The molecule has 1 atom stereocenters. The highest BCUT2D eigenvalue weighted by Gasteiger charge is 2.41. The van der Waals surface area contributed by atoms with Gasteiger partial charge in [-0.2, -0.15) is 0 Å². The number of aromatic nitrogens is 1. The summed E-state index contributed by atoms with van der Waals surface area (Å²) >= 11 is 0. The largest absolute Gasteiger partial charge is 0.484 e. The van der Waals surface area contributed by atoms with Crippen LogP contribution in [0.5, 0.6) is 5.75 Å². The molecule has 3 heteroatoms. The molecule has 2 aromatic carbocycles. The van der Waals surface area contributed by atoms with Crippen LogP contribution in [0.25, 0.3) is 10.8 Å². The van der Waals surface area contributed by atoms with Gasteiger partial charge >= 0.3 is 0 Å². The fraction of sp³-hybridized carbons (Fsp3) is 0.440. The van der Waals surface area contributed by atoms with Gasteiger partial charge in [-0.25, -0.2) is 0 Å². The maximum absolute atomic E-state index is 6.83. The number of rotatable bonds is 6. The summed E-state index contributed by atoms with van der Waals surface area (Å²) in [5.74, 6) is 1.13. The number of hydrogen-bond acceptors (Lipinski definition) is 2. The van der Waals surface area contributed by atoms with E-state index in [1.54, 1.807) is 0 Å². The van der Waals surface area contributed by atoms with Crippen molar-refractivity contribution in [1.82, 2.24) is 4.57 Å². The van der Waals surface area contributed by atoms with E-state index in [-0.39, 0.29) is 5.60 Å². The molecule has 28 heavy (non-hydrogen) atoms. The zero-order valence-corrected chi connectivity index (χ0v) is 17.6. The number of anilines is 1. The van der Waals surface area contributed by atoms with Crippen LogP contribution in [0.15, 0.2) is 36.7 Å². The molecule has 4 rings (SSSR count). The number of ether oxygens (including phenoxy) is 1. The Morgan fingerprint density at radius 2 is 1.54 bits per heavy atom. The second kappa shape index (κ2) is 7.20. The molecule has 1 aromatic heterocycles. The minimum absolute atomic E-state index is 0.204. The highest BCUT2D eigenvalue weighted by Crippen LogP contribution is 2.46. The zero-order valence-electron chi connectivity index (χ0n) is 17.6. The Morgan fingerprint density at radius 3 is 2.07 bits per heavy atom. The highest BCUT2D eigenvalue weighted by molar-refractivity contribution is 5.82. The molecule has 0 aliphatic carbocycles. The molecule has 1 aliphatic rings. The molecule has 0 amide bonds. The van der Waals surface area contributed by atoms with Crippen LogP contribution in [-0.2, 0) is 32.2 Å². The molecule has 2 N–H and O–H groups in total. The van der Waals surface area contributed by atoms with Gasteiger partial charge in [0.15, 0.2) is 0 Å². The fourth-order valence-electron chi connectivity index (χ4n) is 4.99. The third kappa shape index (κ3) is 2.88. The maximum atomic E-state index is 6.83. The number of fused-ring (bicyclic) bond motifs is 2. The summed E-state index contributed by atoms with van der Waals surface area (Å²) in [6.45, 7) is 9.73. The Balaban J connectivity index is 1.77. The van der Waals surface area contributed by atoms with Crippen molar-refractivity contribution < 1.29 is 4.74 Å². The molecule has 3 nitrogen and oxygen atoms in total. The highest BCUT2D eigenvalue weighted by atomic mass is 16.5. The lowest BCUT2D eigenvalue weighted by Crippen LogP contribution is -2.38. The number of benzene rings is 2. The first-order valence-corrected chi connectivity index (χ1v) is 10.7. The van der Waals surface area contributed by atoms with Gasteiger partial charge in [-0.05, 0) is 53.1 Å². The van der Waals surface area contributed by atoms with E-state index in [2.05, 4.69) is 68.9 Å². The number of hydrogen-bond donors (Lipinski definition) is 1. The standard InChI is InChI=1S/C25H32N2O/c1-5-19-21(7-3)24-22(20(6-2)23(19)26)13-25(8-4,28-24)16-27-14-17-11-9-10-12-18(17)15-27/h9-12,14-15H,5-8,13,16,26H2,1-4H3. The average Bonchev–Trinajstić information content (AvgIpc) is 3.28. The van der Waals surface area contributed by atoms with E-state index in [1.165, 1.54) is 33.0 Å². The molecule has 2 heterocycles. The van der Waals surface area contributed by atoms with Crippen molar-refractivity contribution in [2.24, 2.45) is 0 Å². The Labute approximate surface area is 168 Å².